The molecule has 1 aromatic heterocycles. The number of ether oxygens (including phenoxy) is 1. The molecule has 1 saturated heterocycles. The molecule has 2 heterocycles. The van der Waals surface area contributed by atoms with Crippen molar-refractivity contribution < 1.29 is 14.3 Å². The number of hydrogen-bond donors (Lipinski definition) is 2. The lowest BCUT2D eigenvalue weighted by Gasteiger charge is -2.36. The first-order valence-corrected chi connectivity index (χ1v) is 8.35. The smallest absolute Gasteiger partial charge is 0.270 e. The Hall–Kier alpha value is -2.50. The van der Waals surface area contributed by atoms with Crippen LogP contribution in [0.25, 0.3) is 10.9 Å². The number of rotatable bonds is 4. The van der Waals surface area contributed by atoms with Gasteiger partial charge in [0.15, 0.2) is 0 Å². The molecule has 3 rings (SSSR count). The summed E-state index contributed by atoms with van der Waals surface area (Å²) in [5.74, 6) is 0.0744. The van der Waals surface area contributed by atoms with Crippen molar-refractivity contribution in [1.29, 1.82) is 0 Å². The number of nitrogens with one attached hydrogen (secondary N) is 1. The normalized spacial score (nSPS) is 21.0. The van der Waals surface area contributed by atoms with Crippen LogP contribution in [0, 0.1) is 5.92 Å². The summed E-state index contributed by atoms with van der Waals surface area (Å²) < 4.78 is 5.49. The fourth-order valence-corrected chi connectivity index (χ4v) is 3.25. The summed E-state index contributed by atoms with van der Waals surface area (Å²) in [5, 5.41) is 0.956. The predicted octanol–water partition coefficient (Wildman–Crippen LogP) is 2.29. The summed E-state index contributed by atoms with van der Waals surface area (Å²) in [6, 6.07) is 7.65. The van der Waals surface area contributed by atoms with E-state index >= 15 is 0 Å². The molecule has 2 atom stereocenters. The van der Waals surface area contributed by atoms with Gasteiger partial charge in [0.2, 0.25) is 5.91 Å². The summed E-state index contributed by atoms with van der Waals surface area (Å²) in [6.07, 6.45) is 1.53. The monoisotopic (exact) mass is 329 g/mol. The third-order valence-electron chi connectivity index (χ3n) is 4.68. The number of carbonyl (C=O) groups is 2. The molecule has 6 heteroatoms. The first-order valence-electron chi connectivity index (χ1n) is 8.35. The van der Waals surface area contributed by atoms with Crippen molar-refractivity contribution in [3.05, 3.63) is 30.0 Å². The van der Waals surface area contributed by atoms with Gasteiger partial charge >= 0.3 is 0 Å². The fourth-order valence-electron chi connectivity index (χ4n) is 3.25. The summed E-state index contributed by atoms with van der Waals surface area (Å²) >= 11 is 0. The molecule has 1 aliphatic heterocycles. The molecule has 1 aliphatic rings. The second-order valence-corrected chi connectivity index (χ2v) is 6.35. The number of nitrogens with zero attached hydrogens (tertiary/aromatic N) is 1. The van der Waals surface area contributed by atoms with E-state index in [9.17, 15) is 9.59 Å². The van der Waals surface area contributed by atoms with Crippen molar-refractivity contribution in [2.75, 3.05) is 13.2 Å². The predicted molar refractivity (Wildman–Crippen MR) is 91.9 cm³/mol. The third-order valence-corrected chi connectivity index (χ3v) is 4.68. The van der Waals surface area contributed by atoms with Gasteiger partial charge in [-0.3, -0.25) is 9.59 Å². The van der Waals surface area contributed by atoms with Gasteiger partial charge in [0, 0.05) is 29.6 Å². The van der Waals surface area contributed by atoms with Gasteiger partial charge in [-0.05, 0) is 44.9 Å². The minimum Gasteiger partial charge on any atom is -0.494 e. The molecule has 0 unspecified atom stereocenters. The topological polar surface area (TPSA) is 88.4 Å². The van der Waals surface area contributed by atoms with E-state index in [2.05, 4.69) is 4.98 Å². The van der Waals surface area contributed by atoms with Crippen molar-refractivity contribution in [3.63, 3.8) is 0 Å². The zero-order valence-electron chi connectivity index (χ0n) is 14.0. The lowest BCUT2D eigenvalue weighted by molar-refractivity contribution is -0.123. The van der Waals surface area contributed by atoms with Crippen LogP contribution in [0.4, 0.5) is 0 Å². The number of aromatic nitrogens is 1. The number of likely N-dealkylation sites (tertiary alicyclic amines) is 1. The van der Waals surface area contributed by atoms with Gasteiger partial charge in [0.1, 0.15) is 11.4 Å². The highest BCUT2D eigenvalue weighted by Gasteiger charge is 2.32. The van der Waals surface area contributed by atoms with E-state index in [-0.39, 0.29) is 23.8 Å². The summed E-state index contributed by atoms with van der Waals surface area (Å²) in [4.78, 5) is 29.2. The van der Waals surface area contributed by atoms with Crippen LogP contribution in [0.15, 0.2) is 24.3 Å². The van der Waals surface area contributed by atoms with Gasteiger partial charge in [-0.25, -0.2) is 0 Å². The number of primary amides is 1. The quantitative estimate of drug-likeness (QED) is 0.902. The minimum atomic E-state index is -0.335. The molecule has 2 amide bonds. The van der Waals surface area contributed by atoms with Crippen molar-refractivity contribution in [3.8, 4) is 5.75 Å². The van der Waals surface area contributed by atoms with E-state index in [1.807, 2.05) is 38.1 Å². The third kappa shape index (κ3) is 3.09. The van der Waals surface area contributed by atoms with Crippen LogP contribution in [-0.2, 0) is 4.79 Å². The fraction of sp³-hybridized carbons (Fsp3) is 0.444. The minimum absolute atomic E-state index is 0.0948. The molecule has 24 heavy (non-hydrogen) atoms. The highest BCUT2D eigenvalue weighted by atomic mass is 16.5. The van der Waals surface area contributed by atoms with E-state index in [4.69, 9.17) is 10.5 Å². The van der Waals surface area contributed by atoms with E-state index in [1.165, 1.54) is 0 Å². The number of hydrogen-bond acceptors (Lipinski definition) is 3. The maximum atomic E-state index is 12.9. The van der Waals surface area contributed by atoms with Crippen LogP contribution >= 0.6 is 0 Å². The highest BCUT2D eigenvalue weighted by molar-refractivity contribution is 5.98. The summed E-state index contributed by atoms with van der Waals surface area (Å²) in [5.41, 5.74) is 6.81. The molecule has 0 bridgehead atoms. The van der Waals surface area contributed by atoms with Gasteiger partial charge in [0.25, 0.3) is 5.91 Å². The lowest BCUT2D eigenvalue weighted by atomic mass is 9.92. The largest absolute Gasteiger partial charge is 0.494 e. The zero-order chi connectivity index (χ0) is 17.3. The van der Waals surface area contributed by atoms with Crippen LogP contribution in [0.3, 0.4) is 0 Å². The van der Waals surface area contributed by atoms with E-state index in [1.54, 1.807) is 4.90 Å². The van der Waals surface area contributed by atoms with Crippen LogP contribution in [0.2, 0.25) is 0 Å². The average Bonchev–Trinajstić information content (AvgIpc) is 2.98. The zero-order valence-corrected chi connectivity index (χ0v) is 14.0. The Bertz CT molecular complexity index is 768. The second-order valence-electron chi connectivity index (χ2n) is 6.35. The number of nitrogens with two attached hydrogens (primary N) is 1. The maximum Gasteiger partial charge on any atom is 0.270 e. The Kier molecular flexibility index (Phi) is 4.46. The summed E-state index contributed by atoms with van der Waals surface area (Å²) in [7, 11) is 0. The SMILES string of the molecule is CCOc1ccc2cc(C(=O)N3C[C@@H](C(N)=O)CC[C@@H]3C)[nH]c2c1. The van der Waals surface area contributed by atoms with Crippen molar-refractivity contribution in [1.82, 2.24) is 9.88 Å². The highest BCUT2D eigenvalue weighted by Crippen LogP contribution is 2.26. The Balaban J connectivity index is 1.85. The molecule has 1 fully saturated rings. The first kappa shape index (κ1) is 16.4. The molecule has 6 nitrogen and oxygen atoms in total. The van der Waals surface area contributed by atoms with Crippen molar-refractivity contribution in [2.45, 2.75) is 32.7 Å². The van der Waals surface area contributed by atoms with Crippen molar-refractivity contribution >= 4 is 22.7 Å². The van der Waals surface area contributed by atoms with E-state index < -0.39 is 0 Å². The van der Waals surface area contributed by atoms with Crippen LogP contribution in [0.5, 0.6) is 5.75 Å². The standard InChI is InChI=1S/C18H23N3O3/c1-3-24-14-7-6-12-8-16(20-15(12)9-14)18(23)21-10-13(17(19)22)5-4-11(21)2/h6-9,11,13,20H,3-5,10H2,1-2H3,(H2,19,22)/t11-,13-/m0/s1. The number of aromatic amines is 1. The molecule has 0 saturated carbocycles. The number of fused-ring (bicyclic) bond motifs is 1. The molecule has 3 N–H and O–H groups in total. The molecule has 0 spiro atoms. The van der Waals surface area contributed by atoms with Gasteiger partial charge in [-0.1, -0.05) is 0 Å². The van der Waals surface area contributed by atoms with Gasteiger partial charge in [-0.15, -0.1) is 0 Å². The van der Waals surface area contributed by atoms with Gasteiger partial charge in [-0.2, -0.15) is 0 Å². The van der Waals surface area contributed by atoms with Crippen LogP contribution in [-0.4, -0.2) is 40.9 Å². The summed E-state index contributed by atoms with van der Waals surface area (Å²) in [6.45, 7) is 4.92. The van der Waals surface area contributed by atoms with Gasteiger partial charge < -0.3 is 20.4 Å². The molecule has 0 radical (unpaired) electrons. The molecule has 128 valence electrons. The maximum absolute atomic E-state index is 12.9. The molecule has 0 aliphatic carbocycles. The molecular weight excluding hydrogens is 306 g/mol. The van der Waals surface area contributed by atoms with Crippen LogP contribution in [0.1, 0.15) is 37.2 Å². The number of amides is 2. The van der Waals surface area contributed by atoms with E-state index in [0.717, 1.165) is 29.5 Å². The second kappa shape index (κ2) is 6.55. The Labute approximate surface area is 141 Å². The number of carbonyl (C=O) groups excluding carboxylic acids is 2. The number of benzene rings is 1. The Morgan fingerprint density at radius 1 is 1.33 bits per heavy atom. The Morgan fingerprint density at radius 3 is 2.83 bits per heavy atom. The first-order chi connectivity index (χ1) is 11.5. The van der Waals surface area contributed by atoms with E-state index in [0.29, 0.717) is 18.8 Å². The van der Waals surface area contributed by atoms with Gasteiger partial charge in [0.05, 0.1) is 12.5 Å². The lowest BCUT2D eigenvalue weighted by Crippen LogP contribution is -2.48. The van der Waals surface area contributed by atoms with Crippen LogP contribution < -0.4 is 10.5 Å². The molecule has 2 aromatic rings. The number of piperidine rings is 1. The number of H-pyrrole nitrogens is 1. The Morgan fingerprint density at radius 2 is 2.12 bits per heavy atom. The average molecular weight is 329 g/mol. The molecule has 1 aromatic carbocycles. The molecular formula is C18H23N3O3. The van der Waals surface area contributed by atoms with Crippen molar-refractivity contribution in [2.24, 2.45) is 11.7 Å².